The van der Waals surface area contributed by atoms with Gasteiger partial charge in [-0.1, -0.05) is 0 Å². The molecule has 0 aliphatic carbocycles. The minimum Gasteiger partial charge on any atom is -0.457 e. The molecule has 2 saturated heterocycles. The third-order valence-corrected chi connectivity index (χ3v) is 5.57. The van der Waals surface area contributed by atoms with Crippen molar-refractivity contribution in [3.63, 3.8) is 0 Å². The van der Waals surface area contributed by atoms with E-state index in [4.69, 9.17) is 4.74 Å². The first-order valence-electron chi connectivity index (χ1n) is 9.67. The van der Waals surface area contributed by atoms with Crippen LogP contribution < -0.4 is 4.74 Å². The molecule has 4 rings (SSSR count). The second-order valence-corrected chi connectivity index (χ2v) is 7.47. The molecule has 0 aromatic heterocycles. The number of rotatable bonds is 4. The van der Waals surface area contributed by atoms with Crippen molar-refractivity contribution in [3.05, 3.63) is 59.4 Å². The third kappa shape index (κ3) is 3.98. The number of carbonyl (C=O) groups is 1. The largest absolute Gasteiger partial charge is 0.457 e. The quantitative estimate of drug-likeness (QED) is 0.809. The lowest BCUT2D eigenvalue weighted by molar-refractivity contribution is 0.0780. The van der Waals surface area contributed by atoms with Crippen molar-refractivity contribution in [1.29, 1.82) is 0 Å². The van der Waals surface area contributed by atoms with Gasteiger partial charge in [0.15, 0.2) is 0 Å². The Morgan fingerprint density at radius 2 is 1.81 bits per heavy atom. The highest BCUT2D eigenvalue weighted by Crippen LogP contribution is 2.27. The summed E-state index contributed by atoms with van der Waals surface area (Å²) < 4.78 is 19.0. The highest BCUT2D eigenvalue weighted by Gasteiger charge is 2.31. The molecule has 0 N–H and O–H groups in total. The van der Waals surface area contributed by atoms with Crippen LogP contribution in [0.1, 0.15) is 35.2 Å². The second-order valence-electron chi connectivity index (χ2n) is 7.47. The normalized spacial score (nSPS) is 20.2. The molecule has 1 atom stereocenters. The monoisotopic (exact) mass is 368 g/mol. The molecule has 0 spiro atoms. The SMILES string of the molecule is Cc1cc(F)ccc1Oc1ccc(C(=O)N2CC[C@H](N3CCCC3)C2)cc1. The van der Waals surface area contributed by atoms with Gasteiger partial charge in [-0.25, -0.2) is 4.39 Å². The molecule has 5 heteroatoms. The average Bonchev–Trinajstić information content (AvgIpc) is 3.35. The van der Waals surface area contributed by atoms with Crippen LogP contribution in [-0.2, 0) is 0 Å². The highest BCUT2D eigenvalue weighted by atomic mass is 19.1. The molecule has 0 bridgehead atoms. The first-order valence-corrected chi connectivity index (χ1v) is 9.67. The molecule has 0 saturated carbocycles. The van der Waals surface area contributed by atoms with Crippen LogP contribution in [0.5, 0.6) is 11.5 Å². The molecule has 2 aromatic rings. The standard InChI is InChI=1S/C22H25FN2O2/c1-16-14-18(23)6-9-21(16)27-20-7-4-17(5-8-20)22(26)25-13-10-19(15-25)24-11-2-3-12-24/h4-9,14,19H,2-3,10-13,15H2,1H3/t19-/m0/s1. The molecule has 2 aromatic carbocycles. The van der Waals surface area contributed by atoms with Crippen LogP contribution in [0.25, 0.3) is 0 Å². The molecule has 0 radical (unpaired) electrons. The molecule has 0 unspecified atom stereocenters. The Bertz CT molecular complexity index is 816. The number of amides is 1. The van der Waals surface area contributed by atoms with Crippen LogP contribution in [0, 0.1) is 12.7 Å². The van der Waals surface area contributed by atoms with Gasteiger partial charge in [-0.3, -0.25) is 9.69 Å². The van der Waals surface area contributed by atoms with Gasteiger partial charge in [0.25, 0.3) is 5.91 Å². The van der Waals surface area contributed by atoms with Crippen LogP contribution in [0.3, 0.4) is 0 Å². The lowest BCUT2D eigenvalue weighted by Gasteiger charge is -2.23. The Balaban J connectivity index is 1.39. The predicted octanol–water partition coefficient (Wildman–Crippen LogP) is 4.24. The van der Waals surface area contributed by atoms with Gasteiger partial charge >= 0.3 is 0 Å². The summed E-state index contributed by atoms with van der Waals surface area (Å²) in [6.45, 7) is 5.79. The Morgan fingerprint density at radius 1 is 1.07 bits per heavy atom. The number of nitrogens with zero attached hydrogens (tertiary/aromatic N) is 2. The number of likely N-dealkylation sites (tertiary alicyclic amines) is 2. The molecule has 27 heavy (non-hydrogen) atoms. The summed E-state index contributed by atoms with van der Waals surface area (Å²) in [5.74, 6) is 1.06. The molecule has 1 amide bonds. The van der Waals surface area contributed by atoms with Gasteiger partial charge in [-0.05, 0) is 87.3 Å². The van der Waals surface area contributed by atoms with Crippen LogP contribution in [0.2, 0.25) is 0 Å². The summed E-state index contributed by atoms with van der Waals surface area (Å²) >= 11 is 0. The third-order valence-electron chi connectivity index (χ3n) is 5.57. The Labute approximate surface area is 159 Å². The fraction of sp³-hybridized carbons (Fsp3) is 0.409. The van der Waals surface area contributed by atoms with Gasteiger partial charge in [0, 0.05) is 24.7 Å². The van der Waals surface area contributed by atoms with E-state index in [1.165, 1.54) is 38.1 Å². The maximum absolute atomic E-state index is 13.2. The lowest BCUT2D eigenvalue weighted by atomic mass is 10.2. The predicted molar refractivity (Wildman–Crippen MR) is 103 cm³/mol. The van der Waals surface area contributed by atoms with E-state index < -0.39 is 0 Å². The van der Waals surface area contributed by atoms with Gasteiger partial charge in [0.05, 0.1) is 0 Å². The first kappa shape index (κ1) is 18.0. The van der Waals surface area contributed by atoms with Gasteiger partial charge in [0.2, 0.25) is 0 Å². The fourth-order valence-electron chi connectivity index (χ4n) is 4.03. The zero-order valence-corrected chi connectivity index (χ0v) is 15.7. The van der Waals surface area contributed by atoms with Crippen molar-refractivity contribution < 1.29 is 13.9 Å². The maximum Gasteiger partial charge on any atom is 0.253 e. The van der Waals surface area contributed by atoms with Crippen LogP contribution in [0.4, 0.5) is 4.39 Å². The minimum atomic E-state index is -0.279. The second kappa shape index (κ2) is 7.69. The number of hydrogen-bond donors (Lipinski definition) is 0. The Morgan fingerprint density at radius 3 is 2.52 bits per heavy atom. The summed E-state index contributed by atoms with van der Waals surface area (Å²) in [7, 11) is 0. The molecule has 2 heterocycles. The Kier molecular flexibility index (Phi) is 5.12. The van der Waals surface area contributed by atoms with Crippen LogP contribution in [0.15, 0.2) is 42.5 Å². The van der Waals surface area contributed by atoms with Crippen molar-refractivity contribution in [2.75, 3.05) is 26.2 Å². The fourth-order valence-corrected chi connectivity index (χ4v) is 4.03. The molecular formula is C22H25FN2O2. The van der Waals surface area contributed by atoms with E-state index in [1.54, 1.807) is 37.3 Å². The van der Waals surface area contributed by atoms with E-state index >= 15 is 0 Å². The molecule has 2 fully saturated rings. The van der Waals surface area contributed by atoms with Crippen molar-refractivity contribution in [2.24, 2.45) is 0 Å². The maximum atomic E-state index is 13.2. The van der Waals surface area contributed by atoms with Crippen LogP contribution in [-0.4, -0.2) is 47.9 Å². The number of halogens is 1. The van der Waals surface area contributed by atoms with E-state index in [0.717, 1.165) is 25.1 Å². The Hall–Kier alpha value is -2.40. The lowest BCUT2D eigenvalue weighted by Crippen LogP contribution is -2.37. The van der Waals surface area contributed by atoms with Gasteiger partial charge < -0.3 is 9.64 Å². The van der Waals surface area contributed by atoms with E-state index in [9.17, 15) is 9.18 Å². The van der Waals surface area contributed by atoms with Crippen molar-refractivity contribution in [2.45, 2.75) is 32.2 Å². The summed E-state index contributed by atoms with van der Waals surface area (Å²) in [5.41, 5.74) is 1.42. The smallest absolute Gasteiger partial charge is 0.253 e. The van der Waals surface area contributed by atoms with Crippen molar-refractivity contribution in [1.82, 2.24) is 9.80 Å². The minimum absolute atomic E-state index is 0.0845. The molecule has 2 aliphatic heterocycles. The van der Waals surface area contributed by atoms with E-state index in [0.29, 0.717) is 23.1 Å². The molecular weight excluding hydrogens is 343 g/mol. The molecule has 2 aliphatic rings. The number of benzene rings is 2. The first-order chi connectivity index (χ1) is 13.1. The van der Waals surface area contributed by atoms with Gasteiger partial charge in [-0.2, -0.15) is 0 Å². The summed E-state index contributed by atoms with van der Waals surface area (Å²) in [6, 6.07) is 12.2. The number of hydrogen-bond acceptors (Lipinski definition) is 3. The molecule has 142 valence electrons. The van der Waals surface area contributed by atoms with Gasteiger partial charge in [0.1, 0.15) is 17.3 Å². The van der Waals surface area contributed by atoms with Crippen molar-refractivity contribution >= 4 is 5.91 Å². The molecule has 4 nitrogen and oxygen atoms in total. The van der Waals surface area contributed by atoms with E-state index in [2.05, 4.69) is 4.90 Å². The number of carbonyl (C=O) groups excluding carboxylic acids is 1. The van der Waals surface area contributed by atoms with E-state index in [-0.39, 0.29) is 11.7 Å². The average molecular weight is 368 g/mol. The van der Waals surface area contributed by atoms with Crippen LogP contribution >= 0.6 is 0 Å². The van der Waals surface area contributed by atoms with Gasteiger partial charge in [-0.15, -0.1) is 0 Å². The number of ether oxygens (including phenoxy) is 1. The summed E-state index contributed by atoms with van der Waals surface area (Å²) in [4.78, 5) is 17.3. The summed E-state index contributed by atoms with van der Waals surface area (Å²) in [6.07, 6.45) is 3.62. The zero-order valence-electron chi connectivity index (χ0n) is 15.7. The number of aryl methyl sites for hydroxylation is 1. The topological polar surface area (TPSA) is 32.8 Å². The zero-order chi connectivity index (χ0) is 18.8. The van der Waals surface area contributed by atoms with Crippen molar-refractivity contribution in [3.8, 4) is 11.5 Å². The summed E-state index contributed by atoms with van der Waals surface area (Å²) in [5, 5.41) is 0. The van der Waals surface area contributed by atoms with E-state index in [1.807, 2.05) is 4.90 Å². The highest BCUT2D eigenvalue weighted by molar-refractivity contribution is 5.94.